The lowest BCUT2D eigenvalue weighted by molar-refractivity contribution is -0.137. The molecule has 0 fully saturated rings. The van der Waals surface area contributed by atoms with Gasteiger partial charge in [-0.3, -0.25) is 0 Å². The van der Waals surface area contributed by atoms with Crippen LogP contribution in [0.4, 0.5) is 0 Å². The van der Waals surface area contributed by atoms with Crippen LogP contribution in [-0.4, -0.2) is 26.8 Å². The molecular weight excluding hydrogens is 304 g/mol. The number of rotatable bonds is 8. The molecule has 2 rings (SSSR count). The fourth-order valence-electron chi connectivity index (χ4n) is 2.26. The van der Waals surface area contributed by atoms with Gasteiger partial charge in [0.2, 0.25) is 0 Å². The third kappa shape index (κ3) is 5.47. The molecule has 0 radical (unpaired) electrons. The summed E-state index contributed by atoms with van der Waals surface area (Å²) in [6.07, 6.45) is 4.82. The number of carbonyl (C=O) groups excluding carboxylic acids is 1. The summed E-state index contributed by atoms with van der Waals surface area (Å²) < 4.78 is 15.6. The quantitative estimate of drug-likeness (QED) is 0.419. The third-order valence-corrected chi connectivity index (χ3v) is 3.52. The van der Waals surface area contributed by atoms with Crippen LogP contribution in [0.2, 0.25) is 0 Å². The monoisotopic (exact) mass is 326 g/mol. The van der Waals surface area contributed by atoms with E-state index < -0.39 is 0 Å². The number of hydrogen-bond donors (Lipinski definition) is 0. The van der Waals surface area contributed by atoms with Crippen LogP contribution in [-0.2, 0) is 16.0 Å². The fraction of sp³-hybridized carbons (Fsp3) is 0.250. The smallest absolute Gasteiger partial charge is 0.330 e. The highest BCUT2D eigenvalue weighted by Gasteiger charge is 2.03. The Balaban J connectivity index is 1.78. The molecule has 126 valence electrons. The van der Waals surface area contributed by atoms with E-state index >= 15 is 0 Å². The molecule has 0 aromatic heterocycles. The molecule has 0 aliphatic rings. The van der Waals surface area contributed by atoms with Crippen molar-refractivity contribution in [2.75, 3.05) is 20.8 Å². The maximum absolute atomic E-state index is 11.7. The predicted octanol–water partition coefficient (Wildman–Crippen LogP) is 3.89. The van der Waals surface area contributed by atoms with Gasteiger partial charge in [-0.2, -0.15) is 0 Å². The van der Waals surface area contributed by atoms with Gasteiger partial charge in [0.05, 0.1) is 20.8 Å². The molecule has 2 aromatic rings. The summed E-state index contributed by atoms with van der Waals surface area (Å²) in [6.45, 7) is 0.407. The Bertz CT molecular complexity index is 677. The van der Waals surface area contributed by atoms with Crippen LogP contribution in [0.15, 0.2) is 54.6 Å². The van der Waals surface area contributed by atoms with E-state index in [0.29, 0.717) is 18.1 Å². The van der Waals surface area contributed by atoms with Crippen molar-refractivity contribution < 1.29 is 19.0 Å². The first-order valence-corrected chi connectivity index (χ1v) is 7.83. The minimum atomic E-state index is -0.349. The van der Waals surface area contributed by atoms with Gasteiger partial charge in [-0.05, 0) is 42.2 Å². The second kappa shape index (κ2) is 9.40. The van der Waals surface area contributed by atoms with E-state index in [-0.39, 0.29) is 5.97 Å². The Hall–Kier alpha value is -2.75. The number of hydrogen-bond acceptors (Lipinski definition) is 4. The molecular formula is C20H22O4. The van der Waals surface area contributed by atoms with E-state index in [2.05, 4.69) is 12.1 Å². The van der Waals surface area contributed by atoms with Crippen molar-refractivity contribution in [1.82, 2.24) is 0 Å². The normalized spacial score (nSPS) is 10.6. The summed E-state index contributed by atoms with van der Waals surface area (Å²) in [7, 11) is 3.16. The topological polar surface area (TPSA) is 44.8 Å². The summed E-state index contributed by atoms with van der Waals surface area (Å²) in [4.78, 5) is 11.7. The van der Waals surface area contributed by atoms with Gasteiger partial charge in [0.15, 0.2) is 11.5 Å². The van der Waals surface area contributed by atoms with Gasteiger partial charge in [-0.25, -0.2) is 4.79 Å². The van der Waals surface area contributed by atoms with Crippen LogP contribution in [0.3, 0.4) is 0 Å². The van der Waals surface area contributed by atoms with E-state index in [1.54, 1.807) is 32.4 Å². The Morgan fingerprint density at radius 2 is 1.75 bits per heavy atom. The molecule has 0 aliphatic carbocycles. The minimum absolute atomic E-state index is 0.349. The highest BCUT2D eigenvalue weighted by Crippen LogP contribution is 2.27. The number of ether oxygens (including phenoxy) is 3. The summed E-state index contributed by atoms with van der Waals surface area (Å²) in [5.41, 5.74) is 2.09. The highest BCUT2D eigenvalue weighted by atomic mass is 16.5. The van der Waals surface area contributed by atoms with Crippen molar-refractivity contribution in [2.45, 2.75) is 12.8 Å². The number of carbonyl (C=O) groups is 1. The molecule has 0 heterocycles. The van der Waals surface area contributed by atoms with Gasteiger partial charge in [0.25, 0.3) is 0 Å². The van der Waals surface area contributed by atoms with E-state index in [4.69, 9.17) is 14.2 Å². The van der Waals surface area contributed by atoms with Crippen molar-refractivity contribution in [1.29, 1.82) is 0 Å². The van der Waals surface area contributed by atoms with Crippen LogP contribution in [0.5, 0.6) is 11.5 Å². The van der Waals surface area contributed by atoms with E-state index in [1.165, 1.54) is 11.6 Å². The average molecular weight is 326 g/mol. The van der Waals surface area contributed by atoms with Gasteiger partial charge in [0, 0.05) is 6.08 Å². The molecule has 24 heavy (non-hydrogen) atoms. The van der Waals surface area contributed by atoms with Gasteiger partial charge in [-0.15, -0.1) is 0 Å². The average Bonchev–Trinajstić information content (AvgIpc) is 2.64. The minimum Gasteiger partial charge on any atom is -0.493 e. The van der Waals surface area contributed by atoms with Crippen LogP contribution < -0.4 is 9.47 Å². The van der Waals surface area contributed by atoms with Crippen molar-refractivity contribution in [2.24, 2.45) is 0 Å². The van der Waals surface area contributed by atoms with Gasteiger partial charge >= 0.3 is 5.97 Å². The lowest BCUT2D eigenvalue weighted by atomic mass is 10.1. The lowest BCUT2D eigenvalue weighted by Gasteiger charge is -2.07. The zero-order valence-corrected chi connectivity index (χ0v) is 14.0. The molecule has 0 saturated carbocycles. The van der Waals surface area contributed by atoms with Crippen molar-refractivity contribution in [3.05, 3.63) is 65.7 Å². The number of benzene rings is 2. The zero-order chi connectivity index (χ0) is 17.2. The molecule has 0 N–H and O–H groups in total. The van der Waals surface area contributed by atoms with E-state index in [1.807, 2.05) is 24.3 Å². The Morgan fingerprint density at radius 3 is 2.46 bits per heavy atom. The lowest BCUT2D eigenvalue weighted by Crippen LogP contribution is -2.03. The van der Waals surface area contributed by atoms with E-state index in [0.717, 1.165) is 18.4 Å². The van der Waals surface area contributed by atoms with Crippen LogP contribution >= 0.6 is 0 Å². The molecule has 4 heteroatoms. The van der Waals surface area contributed by atoms with Gasteiger partial charge in [0.1, 0.15) is 0 Å². The second-order valence-corrected chi connectivity index (χ2v) is 5.20. The molecule has 0 spiro atoms. The summed E-state index contributed by atoms with van der Waals surface area (Å²) in [5.74, 6) is 0.923. The van der Waals surface area contributed by atoms with Gasteiger partial charge < -0.3 is 14.2 Å². The molecule has 0 saturated heterocycles. The molecule has 4 nitrogen and oxygen atoms in total. The Morgan fingerprint density at radius 1 is 1.00 bits per heavy atom. The van der Waals surface area contributed by atoms with E-state index in [9.17, 15) is 4.79 Å². The zero-order valence-electron chi connectivity index (χ0n) is 14.0. The molecule has 0 amide bonds. The summed E-state index contributed by atoms with van der Waals surface area (Å²) in [6, 6.07) is 15.6. The second-order valence-electron chi connectivity index (χ2n) is 5.20. The van der Waals surface area contributed by atoms with Crippen molar-refractivity contribution in [3.63, 3.8) is 0 Å². The molecule has 2 aromatic carbocycles. The van der Waals surface area contributed by atoms with Crippen molar-refractivity contribution in [3.8, 4) is 11.5 Å². The van der Waals surface area contributed by atoms with Crippen LogP contribution in [0.25, 0.3) is 6.08 Å². The van der Waals surface area contributed by atoms with Crippen molar-refractivity contribution >= 4 is 12.0 Å². The van der Waals surface area contributed by atoms with Gasteiger partial charge in [-0.1, -0.05) is 36.4 Å². The first kappa shape index (κ1) is 17.6. The molecule has 0 unspecified atom stereocenters. The standard InChI is InChI=1S/C20H22O4/c1-22-18-12-10-17(15-19(18)23-2)11-13-20(21)24-14-6-9-16-7-4-3-5-8-16/h3-5,7-8,10-13,15H,6,9,14H2,1-2H3/b13-11+. The first-order chi connectivity index (χ1) is 11.7. The maximum Gasteiger partial charge on any atom is 0.330 e. The molecule has 0 bridgehead atoms. The predicted molar refractivity (Wildman–Crippen MR) is 94.3 cm³/mol. The van der Waals surface area contributed by atoms with Crippen LogP contribution in [0, 0.1) is 0 Å². The largest absolute Gasteiger partial charge is 0.493 e. The number of esters is 1. The Kier molecular flexibility index (Phi) is 6.90. The van der Waals surface area contributed by atoms with Crippen LogP contribution in [0.1, 0.15) is 17.5 Å². The maximum atomic E-state index is 11.7. The first-order valence-electron chi connectivity index (χ1n) is 7.83. The molecule has 0 aliphatic heterocycles. The summed E-state index contributed by atoms with van der Waals surface area (Å²) >= 11 is 0. The Labute approximate surface area is 142 Å². The summed E-state index contributed by atoms with van der Waals surface area (Å²) in [5, 5.41) is 0. The SMILES string of the molecule is COc1ccc(/C=C/C(=O)OCCCc2ccccc2)cc1OC. The molecule has 0 atom stereocenters. The third-order valence-electron chi connectivity index (χ3n) is 3.52. The fourth-order valence-corrected chi connectivity index (χ4v) is 2.26. The number of methoxy groups -OCH3 is 2. The number of aryl methyl sites for hydroxylation is 1. The highest BCUT2D eigenvalue weighted by molar-refractivity contribution is 5.87.